The summed E-state index contributed by atoms with van der Waals surface area (Å²) in [7, 11) is 5.75. The van der Waals surface area contributed by atoms with E-state index in [2.05, 4.69) is 0 Å². The zero-order chi connectivity index (χ0) is 19.7. The molecule has 0 aromatic carbocycles. The molecule has 0 saturated carbocycles. The van der Waals surface area contributed by atoms with E-state index in [9.17, 15) is 19.2 Å². The van der Waals surface area contributed by atoms with Crippen molar-refractivity contribution in [3.63, 3.8) is 0 Å². The monoisotopic (exact) mass is 354 g/mol. The van der Waals surface area contributed by atoms with Gasteiger partial charge >= 0.3 is 23.9 Å². The van der Waals surface area contributed by atoms with E-state index in [1.165, 1.54) is 6.92 Å². The summed E-state index contributed by atoms with van der Waals surface area (Å²) in [5.74, 6) is -4.93. The molecule has 0 spiro atoms. The molecule has 0 aliphatic carbocycles. The summed E-state index contributed by atoms with van der Waals surface area (Å²) in [5, 5.41) is 41.1. The van der Waals surface area contributed by atoms with Gasteiger partial charge in [0.1, 0.15) is 6.54 Å². The number of carboxylic acid groups (broad SMARTS) is 3. The van der Waals surface area contributed by atoms with Gasteiger partial charge in [0.05, 0.1) is 27.6 Å². The minimum atomic E-state index is -2.27. The second-order valence-electron chi connectivity index (χ2n) is 5.87. The first-order chi connectivity index (χ1) is 10.7. The summed E-state index contributed by atoms with van der Waals surface area (Å²) < 4.78 is 5.46. The molecule has 11 heteroatoms. The highest BCUT2D eigenvalue weighted by atomic mass is 16.5. The fourth-order valence-corrected chi connectivity index (χ4v) is 1.45. The van der Waals surface area contributed by atoms with Crippen molar-refractivity contribution in [2.75, 3.05) is 27.7 Å². The van der Waals surface area contributed by atoms with Crippen molar-refractivity contribution in [2.45, 2.75) is 31.7 Å². The fourth-order valence-electron chi connectivity index (χ4n) is 1.45. The molecule has 0 amide bonds. The van der Waals surface area contributed by atoms with Crippen LogP contribution < -0.4 is 0 Å². The normalized spacial score (nSPS) is 14.4. The first-order valence-electron chi connectivity index (χ1n) is 6.68. The largest absolute Gasteiger partial charge is 0.481 e. The van der Waals surface area contributed by atoms with Crippen LogP contribution >= 0.6 is 0 Å². The molecule has 11 nitrogen and oxygen atoms in total. The predicted octanol–water partition coefficient (Wildman–Crippen LogP) is -2.02. The summed E-state index contributed by atoms with van der Waals surface area (Å²) in [6, 6.07) is 0. The topological polar surface area (TPSA) is 179 Å². The van der Waals surface area contributed by atoms with Crippen molar-refractivity contribution in [1.29, 1.82) is 0 Å². The standard InChI is InChI=1S/C9H17NO4.C4H6O6/c1-7(11)14-8(5-9(12)13)6-10(2,3)4;5-1(3(7)8)2(6)4(9)10/h8H,5-6H2,1-4H3;1-2,5-6H,(H,7,8)(H,9,10)/p+1/t8-;/m1./s1. The second-order valence-corrected chi connectivity index (χ2v) is 5.87. The van der Waals surface area contributed by atoms with Gasteiger partial charge in [0, 0.05) is 6.92 Å². The van der Waals surface area contributed by atoms with Crippen molar-refractivity contribution < 1.29 is 53.9 Å². The maximum absolute atomic E-state index is 10.7. The second kappa shape index (κ2) is 10.5. The number of nitrogens with zero attached hydrogens (tertiary/aromatic N) is 1. The molecule has 0 radical (unpaired) electrons. The van der Waals surface area contributed by atoms with Crippen LogP contribution in [0.4, 0.5) is 0 Å². The van der Waals surface area contributed by atoms with E-state index in [1.54, 1.807) is 0 Å². The molecule has 0 aliphatic heterocycles. The molecular formula is C13H24NO10+. The molecule has 0 heterocycles. The molecule has 0 bridgehead atoms. The van der Waals surface area contributed by atoms with Crippen LogP contribution in [0.2, 0.25) is 0 Å². The van der Waals surface area contributed by atoms with Gasteiger partial charge in [0.25, 0.3) is 0 Å². The summed E-state index contributed by atoms with van der Waals surface area (Å²) in [6.07, 6.45) is -5.23. The quantitative estimate of drug-likeness (QED) is 0.241. The van der Waals surface area contributed by atoms with E-state index in [0.717, 1.165) is 0 Å². The maximum atomic E-state index is 10.7. The lowest BCUT2D eigenvalue weighted by atomic mass is 10.2. The van der Waals surface area contributed by atoms with Crippen molar-refractivity contribution >= 4 is 23.9 Å². The van der Waals surface area contributed by atoms with Crippen molar-refractivity contribution in [2.24, 2.45) is 0 Å². The Hall–Kier alpha value is -2.24. The summed E-state index contributed by atoms with van der Waals surface area (Å²) in [4.78, 5) is 40.7. The Kier molecular flexibility index (Phi) is 10.5. The summed E-state index contributed by atoms with van der Waals surface area (Å²) in [6.45, 7) is 1.77. The number of rotatable bonds is 8. The number of quaternary nitrogens is 1. The molecule has 140 valence electrons. The molecule has 0 aliphatic rings. The highest BCUT2D eigenvalue weighted by Crippen LogP contribution is 2.05. The van der Waals surface area contributed by atoms with Crippen molar-refractivity contribution in [1.82, 2.24) is 0 Å². The van der Waals surface area contributed by atoms with Crippen molar-refractivity contribution in [3.05, 3.63) is 0 Å². The Bertz CT molecular complexity index is 422. The van der Waals surface area contributed by atoms with Crippen molar-refractivity contribution in [3.8, 4) is 0 Å². The van der Waals surface area contributed by atoms with Gasteiger partial charge in [-0.25, -0.2) is 9.59 Å². The van der Waals surface area contributed by atoms with Crippen LogP contribution in [-0.4, -0.2) is 99.9 Å². The van der Waals surface area contributed by atoms with Crippen LogP contribution in [0.5, 0.6) is 0 Å². The van der Waals surface area contributed by atoms with Gasteiger partial charge < -0.3 is 34.8 Å². The van der Waals surface area contributed by atoms with Crippen LogP contribution in [0.3, 0.4) is 0 Å². The van der Waals surface area contributed by atoms with Gasteiger partial charge in [-0.2, -0.15) is 0 Å². The number of carboxylic acids is 3. The van der Waals surface area contributed by atoms with Crippen LogP contribution in [-0.2, 0) is 23.9 Å². The van der Waals surface area contributed by atoms with Gasteiger partial charge in [-0.05, 0) is 0 Å². The van der Waals surface area contributed by atoms with E-state index in [4.69, 9.17) is 30.3 Å². The molecule has 0 aromatic rings. The number of aliphatic carboxylic acids is 3. The Balaban J connectivity index is 0. The first kappa shape index (κ1) is 24.0. The van der Waals surface area contributed by atoms with E-state index in [1.807, 2.05) is 21.1 Å². The SMILES string of the molecule is CC(=O)O[C@H](CC(=O)O)C[N+](C)(C)C.O=C(O)C(O)C(O)C(=O)O. The van der Waals surface area contributed by atoms with E-state index in [0.29, 0.717) is 11.0 Å². The maximum Gasteiger partial charge on any atom is 0.335 e. The van der Waals surface area contributed by atoms with Crippen LogP contribution in [0.15, 0.2) is 0 Å². The van der Waals surface area contributed by atoms with Gasteiger partial charge in [0.2, 0.25) is 0 Å². The Morgan fingerprint density at radius 2 is 1.29 bits per heavy atom. The molecule has 5 N–H and O–H groups in total. The van der Waals surface area contributed by atoms with Gasteiger partial charge in [-0.3, -0.25) is 9.59 Å². The molecule has 0 saturated heterocycles. The molecule has 3 atom stereocenters. The molecule has 0 rings (SSSR count). The van der Waals surface area contributed by atoms with Gasteiger partial charge in [-0.15, -0.1) is 0 Å². The Labute approximate surface area is 138 Å². The van der Waals surface area contributed by atoms with E-state index < -0.39 is 42.2 Å². The lowest BCUT2D eigenvalue weighted by Gasteiger charge is -2.28. The number of aliphatic hydroxyl groups excluding tert-OH is 2. The predicted molar refractivity (Wildman–Crippen MR) is 78.0 cm³/mol. The molecule has 0 fully saturated rings. The minimum absolute atomic E-state index is 0.144. The number of hydrogen-bond acceptors (Lipinski definition) is 7. The number of hydrogen-bond donors (Lipinski definition) is 5. The fraction of sp³-hybridized carbons (Fsp3) is 0.692. The third kappa shape index (κ3) is 13.4. The first-order valence-corrected chi connectivity index (χ1v) is 6.68. The number of ether oxygens (including phenoxy) is 1. The van der Waals surface area contributed by atoms with E-state index >= 15 is 0 Å². The van der Waals surface area contributed by atoms with Crippen LogP contribution in [0.1, 0.15) is 13.3 Å². The number of likely N-dealkylation sites (N-methyl/N-ethyl adjacent to an activating group) is 1. The number of esters is 1. The molecular weight excluding hydrogens is 330 g/mol. The average Bonchev–Trinajstić information content (AvgIpc) is 2.33. The zero-order valence-electron chi connectivity index (χ0n) is 13.9. The lowest BCUT2D eigenvalue weighted by molar-refractivity contribution is -0.873. The van der Waals surface area contributed by atoms with Crippen LogP contribution in [0, 0.1) is 0 Å². The van der Waals surface area contributed by atoms with Crippen LogP contribution in [0.25, 0.3) is 0 Å². The molecule has 24 heavy (non-hydrogen) atoms. The highest BCUT2D eigenvalue weighted by molar-refractivity contribution is 5.83. The van der Waals surface area contributed by atoms with E-state index in [-0.39, 0.29) is 6.42 Å². The summed E-state index contributed by atoms with van der Waals surface area (Å²) in [5.41, 5.74) is 0. The Morgan fingerprint density at radius 3 is 1.50 bits per heavy atom. The Morgan fingerprint density at radius 1 is 0.917 bits per heavy atom. The molecule has 0 aromatic heterocycles. The summed E-state index contributed by atoms with van der Waals surface area (Å²) >= 11 is 0. The van der Waals surface area contributed by atoms with Gasteiger partial charge in [-0.1, -0.05) is 0 Å². The number of carbonyl (C=O) groups excluding carboxylic acids is 1. The van der Waals surface area contributed by atoms with Gasteiger partial charge in [0.15, 0.2) is 18.3 Å². The lowest BCUT2D eigenvalue weighted by Crippen LogP contribution is -2.43. The number of aliphatic hydroxyl groups is 2. The third-order valence-corrected chi connectivity index (χ3v) is 2.29. The smallest absolute Gasteiger partial charge is 0.335 e. The highest BCUT2D eigenvalue weighted by Gasteiger charge is 2.29. The average molecular weight is 354 g/mol. The minimum Gasteiger partial charge on any atom is -0.481 e. The third-order valence-electron chi connectivity index (χ3n) is 2.29. The molecule has 2 unspecified atom stereocenters. The number of carbonyl (C=O) groups is 4. The zero-order valence-corrected chi connectivity index (χ0v) is 13.9.